The number of hydrogen-bond acceptors (Lipinski definition) is 6. The third-order valence-electron chi connectivity index (χ3n) is 4.39. The summed E-state index contributed by atoms with van der Waals surface area (Å²) < 4.78 is 56.2. The number of hydrogen-bond donors (Lipinski definition) is 1. The summed E-state index contributed by atoms with van der Waals surface area (Å²) in [6.45, 7) is -2.43. The Morgan fingerprint density at radius 3 is 2.72 bits per heavy atom. The highest BCUT2D eigenvalue weighted by Gasteiger charge is 2.30. The van der Waals surface area contributed by atoms with Crippen LogP contribution >= 0.6 is 27.5 Å². The van der Waals surface area contributed by atoms with Crippen molar-refractivity contribution >= 4 is 43.5 Å². The Morgan fingerprint density at radius 2 is 2.07 bits per heavy atom. The number of nitrogens with one attached hydrogen (secondary N) is 1. The van der Waals surface area contributed by atoms with Crippen molar-refractivity contribution in [2.24, 2.45) is 0 Å². The minimum atomic E-state index is -3.58. The minimum absolute atomic E-state index is 0.0939. The van der Waals surface area contributed by atoms with E-state index in [1.165, 1.54) is 10.5 Å². The Balaban J connectivity index is 1.63. The number of sulfonamides is 1. The summed E-state index contributed by atoms with van der Waals surface area (Å²) in [5.41, 5.74) is 0.879. The van der Waals surface area contributed by atoms with Crippen molar-refractivity contribution in [3.05, 3.63) is 41.0 Å². The molecule has 0 radical (unpaired) electrons. The number of aromatic nitrogens is 2. The second kappa shape index (κ2) is 9.50. The summed E-state index contributed by atoms with van der Waals surface area (Å²) in [5, 5.41) is 3.47. The molecule has 0 saturated carbocycles. The van der Waals surface area contributed by atoms with Gasteiger partial charge in [0.25, 0.3) is 0 Å². The number of ether oxygens (including phenoxy) is 1. The van der Waals surface area contributed by atoms with Crippen LogP contribution in [0, 0.1) is 0 Å². The molecule has 2 heterocycles. The van der Waals surface area contributed by atoms with Crippen LogP contribution in [-0.4, -0.2) is 48.4 Å². The fraction of sp³-hybridized carbons (Fsp3) is 0.412. The van der Waals surface area contributed by atoms with Gasteiger partial charge >= 0.3 is 6.61 Å². The molecule has 0 atom stereocenters. The van der Waals surface area contributed by atoms with Gasteiger partial charge in [-0.3, -0.25) is 0 Å². The molecule has 0 unspecified atom stereocenters. The van der Waals surface area contributed by atoms with Gasteiger partial charge in [0.1, 0.15) is 5.02 Å². The molecule has 1 fully saturated rings. The Bertz CT molecular complexity index is 959. The van der Waals surface area contributed by atoms with Crippen molar-refractivity contribution in [2.75, 3.05) is 18.4 Å². The highest BCUT2D eigenvalue weighted by Crippen LogP contribution is 2.26. The van der Waals surface area contributed by atoms with E-state index in [0.29, 0.717) is 31.3 Å². The molecule has 2 aromatic rings. The lowest BCUT2D eigenvalue weighted by Gasteiger charge is -2.31. The van der Waals surface area contributed by atoms with Crippen LogP contribution in [0.3, 0.4) is 0 Å². The highest BCUT2D eigenvalue weighted by molar-refractivity contribution is 9.08. The first-order chi connectivity index (χ1) is 13.8. The molecule has 1 N–H and O–H groups in total. The molecule has 0 spiro atoms. The topological polar surface area (TPSA) is 84.4 Å². The molecule has 1 aromatic carbocycles. The Morgan fingerprint density at radius 1 is 1.34 bits per heavy atom. The number of piperidine rings is 1. The average molecular weight is 512 g/mol. The van der Waals surface area contributed by atoms with E-state index in [4.69, 9.17) is 11.6 Å². The summed E-state index contributed by atoms with van der Waals surface area (Å²) in [6.07, 6.45) is 2.19. The van der Waals surface area contributed by atoms with Gasteiger partial charge in [-0.15, -0.1) is 0 Å². The third kappa shape index (κ3) is 5.53. The lowest BCUT2D eigenvalue weighted by molar-refractivity contribution is -0.0527. The van der Waals surface area contributed by atoms with Gasteiger partial charge in [-0.1, -0.05) is 39.7 Å². The van der Waals surface area contributed by atoms with Gasteiger partial charge in [-0.05, 0) is 30.5 Å². The Labute approximate surface area is 180 Å². The molecular formula is C17H18BrClF2N4O3S. The first-order valence-corrected chi connectivity index (χ1v) is 11.6. The van der Waals surface area contributed by atoms with Crippen LogP contribution in [0.2, 0.25) is 5.02 Å². The van der Waals surface area contributed by atoms with Crippen LogP contribution in [0.4, 0.5) is 14.7 Å². The smallest absolute Gasteiger partial charge is 0.388 e. The van der Waals surface area contributed by atoms with Gasteiger partial charge in [0.2, 0.25) is 21.9 Å². The van der Waals surface area contributed by atoms with Crippen LogP contribution in [0.1, 0.15) is 18.4 Å². The number of benzene rings is 1. The molecule has 158 valence electrons. The Hall–Kier alpha value is -1.56. The second-order valence-electron chi connectivity index (χ2n) is 6.33. The van der Waals surface area contributed by atoms with Gasteiger partial charge in [0.05, 0.1) is 11.1 Å². The lowest BCUT2D eigenvalue weighted by atomic mass is 10.1. The predicted molar refractivity (Wildman–Crippen MR) is 108 cm³/mol. The monoisotopic (exact) mass is 510 g/mol. The predicted octanol–water partition coefficient (Wildman–Crippen LogP) is 3.89. The van der Waals surface area contributed by atoms with E-state index >= 15 is 0 Å². The van der Waals surface area contributed by atoms with Crippen LogP contribution in [0.15, 0.2) is 35.4 Å². The molecule has 0 amide bonds. The minimum Gasteiger partial charge on any atom is -0.415 e. The highest BCUT2D eigenvalue weighted by atomic mass is 79.9. The zero-order valence-electron chi connectivity index (χ0n) is 15.1. The van der Waals surface area contributed by atoms with Crippen LogP contribution in [-0.2, 0) is 15.4 Å². The van der Waals surface area contributed by atoms with Crippen molar-refractivity contribution in [2.45, 2.75) is 35.7 Å². The zero-order valence-corrected chi connectivity index (χ0v) is 18.2. The quantitative estimate of drug-likeness (QED) is 0.568. The Kier molecular flexibility index (Phi) is 7.25. The average Bonchev–Trinajstić information content (AvgIpc) is 2.70. The van der Waals surface area contributed by atoms with Gasteiger partial charge in [0, 0.05) is 24.5 Å². The number of alkyl halides is 3. The zero-order chi connectivity index (χ0) is 21.0. The van der Waals surface area contributed by atoms with E-state index in [9.17, 15) is 17.2 Å². The van der Waals surface area contributed by atoms with Crippen molar-refractivity contribution in [3.8, 4) is 5.88 Å². The largest absolute Gasteiger partial charge is 0.415 e. The summed E-state index contributed by atoms with van der Waals surface area (Å²) in [6, 6.07) is 6.69. The van der Waals surface area contributed by atoms with E-state index < -0.39 is 22.5 Å². The van der Waals surface area contributed by atoms with Crippen molar-refractivity contribution in [3.63, 3.8) is 0 Å². The van der Waals surface area contributed by atoms with E-state index in [0.717, 1.165) is 5.56 Å². The molecule has 1 saturated heterocycles. The summed E-state index contributed by atoms with van der Waals surface area (Å²) in [4.78, 5) is 8.07. The van der Waals surface area contributed by atoms with Crippen LogP contribution in [0.25, 0.3) is 0 Å². The van der Waals surface area contributed by atoms with Crippen molar-refractivity contribution in [1.82, 2.24) is 14.3 Å². The molecule has 1 aliphatic heterocycles. The molecule has 0 aliphatic carbocycles. The number of nitrogens with zero attached hydrogens (tertiary/aromatic N) is 3. The first kappa shape index (κ1) is 22.1. The van der Waals surface area contributed by atoms with Crippen LogP contribution < -0.4 is 10.1 Å². The molecule has 7 nitrogen and oxygen atoms in total. The number of anilines is 1. The molecule has 0 bridgehead atoms. The molecule has 1 aromatic heterocycles. The lowest BCUT2D eigenvalue weighted by Crippen LogP contribution is -2.42. The van der Waals surface area contributed by atoms with E-state index in [-0.39, 0.29) is 21.9 Å². The molecule has 29 heavy (non-hydrogen) atoms. The normalized spacial score (nSPS) is 16.2. The maximum atomic E-state index is 12.9. The summed E-state index contributed by atoms with van der Waals surface area (Å²) in [5.74, 6) is -0.317. The maximum Gasteiger partial charge on any atom is 0.388 e. The standard InChI is InChI=1S/C17H18BrClF2N4O3S/c18-9-11-2-1-3-13(8-11)29(26,27)25-6-4-12(5-7-25)23-17-22-10-14(19)15(24-17)28-16(20)21/h1-3,8,10,12,16H,4-7,9H2,(H,22,23,24). The SMILES string of the molecule is O=S(=O)(c1cccc(CBr)c1)N1CCC(Nc2ncc(Cl)c(OC(F)F)n2)CC1. The van der Waals surface area contributed by atoms with Gasteiger partial charge < -0.3 is 10.1 Å². The molecule has 3 rings (SSSR count). The maximum absolute atomic E-state index is 12.9. The fourth-order valence-corrected chi connectivity index (χ4v) is 4.97. The first-order valence-electron chi connectivity index (χ1n) is 8.68. The van der Waals surface area contributed by atoms with E-state index in [1.807, 2.05) is 6.07 Å². The third-order valence-corrected chi connectivity index (χ3v) is 7.19. The summed E-state index contributed by atoms with van der Waals surface area (Å²) >= 11 is 9.07. The van der Waals surface area contributed by atoms with Gasteiger partial charge in [-0.25, -0.2) is 13.4 Å². The van der Waals surface area contributed by atoms with Crippen molar-refractivity contribution < 1.29 is 21.9 Å². The fourth-order valence-electron chi connectivity index (χ4n) is 2.95. The van der Waals surface area contributed by atoms with Crippen LogP contribution in [0.5, 0.6) is 5.88 Å². The number of rotatable bonds is 7. The van der Waals surface area contributed by atoms with Gasteiger partial charge in [0.15, 0.2) is 0 Å². The van der Waals surface area contributed by atoms with E-state index in [2.05, 4.69) is 36.0 Å². The van der Waals surface area contributed by atoms with Gasteiger partial charge in [-0.2, -0.15) is 18.1 Å². The molecule has 1 aliphatic rings. The van der Waals surface area contributed by atoms with Crippen molar-refractivity contribution in [1.29, 1.82) is 0 Å². The number of halogens is 4. The molecular weight excluding hydrogens is 494 g/mol. The van der Waals surface area contributed by atoms with E-state index in [1.54, 1.807) is 18.2 Å². The second-order valence-corrected chi connectivity index (χ2v) is 9.23. The molecule has 12 heteroatoms. The summed E-state index contributed by atoms with van der Waals surface area (Å²) in [7, 11) is -3.58.